The van der Waals surface area contributed by atoms with Gasteiger partial charge in [0.2, 0.25) is 0 Å². The van der Waals surface area contributed by atoms with Gasteiger partial charge in [0.05, 0.1) is 0 Å². The molecule has 24 heavy (non-hydrogen) atoms. The molecule has 3 nitrogen and oxygen atoms in total. The Hall–Kier alpha value is -1.94. The quantitative estimate of drug-likeness (QED) is 0.494. The highest BCUT2D eigenvalue weighted by atomic mass is 16.6. The van der Waals surface area contributed by atoms with E-state index in [0.717, 1.165) is 24.0 Å². The summed E-state index contributed by atoms with van der Waals surface area (Å²) in [5.41, 5.74) is 6.20. The predicted octanol–water partition coefficient (Wildman–Crippen LogP) is 3.25. The Morgan fingerprint density at radius 2 is 1.83 bits per heavy atom. The summed E-state index contributed by atoms with van der Waals surface area (Å²) in [4.78, 5) is 0. The Balaban J connectivity index is 1.76. The molecule has 0 spiro atoms. The van der Waals surface area contributed by atoms with Gasteiger partial charge in [-0.25, -0.2) is 0 Å². The van der Waals surface area contributed by atoms with Crippen molar-refractivity contribution >= 4 is 21.5 Å². The van der Waals surface area contributed by atoms with Gasteiger partial charge in [0.1, 0.15) is 24.4 Å². The number of hydrogen-bond acceptors (Lipinski definition) is 3. The first-order valence-corrected chi connectivity index (χ1v) is 8.67. The number of rotatable bonds is 0. The van der Waals surface area contributed by atoms with Gasteiger partial charge in [-0.3, -0.25) is 0 Å². The minimum Gasteiger partial charge on any atom is -0.387 e. The molecule has 0 aromatic heterocycles. The molecule has 2 N–H and O–H groups in total. The van der Waals surface area contributed by atoms with Crippen molar-refractivity contribution < 1.29 is 14.9 Å². The fraction of sp³-hybridized carbons (Fsp3) is 0.333. The smallest absolute Gasteiger partial charge is 0.118 e. The lowest BCUT2D eigenvalue weighted by atomic mass is 9.82. The molecule has 1 unspecified atom stereocenters. The van der Waals surface area contributed by atoms with Crippen LogP contribution in [-0.4, -0.2) is 22.4 Å². The first kappa shape index (κ1) is 13.4. The topological polar surface area (TPSA) is 53.0 Å². The molecule has 6 rings (SSSR count). The van der Waals surface area contributed by atoms with E-state index in [4.69, 9.17) is 4.74 Å². The van der Waals surface area contributed by atoms with Gasteiger partial charge in [0, 0.05) is 0 Å². The van der Waals surface area contributed by atoms with Crippen molar-refractivity contribution in [2.24, 2.45) is 0 Å². The van der Waals surface area contributed by atoms with Crippen LogP contribution in [0.1, 0.15) is 40.0 Å². The third-order valence-electron chi connectivity index (χ3n) is 6.24. The fourth-order valence-corrected chi connectivity index (χ4v) is 5.00. The fourth-order valence-electron chi connectivity index (χ4n) is 5.00. The van der Waals surface area contributed by atoms with E-state index in [0.29, 0.717) is 0 Å². The monoisotopic (exact) mass is 318 g/mol. The number of ether oxygens (including phenoxy) is 1. The third kappa shape index (κ3) is 1.44. The normalized spacial score (nSPS) is 29.8. The van der Waals surface area contributed by atoms with Crippen molar-refractivity contribution in [2.75, 3.05) is 0 Å². The number of fused-ring (bicyclic) bond motifs is 6. The van der Waals surface area contributed by atoms with E-state index in [1.807, 2.05) is 6.07 Å². The standard InChI is InChI=1S/C21H18O3/c1-9-2-3-10-8-15-12(13-6-4-11(9)16(10)13)5-7-14-17(15)20-21(24-20)19(23)18(14)22/h2-3,5,7-8,18-23H,4,6H2,1H3/t18-,19?,20+,21-/m1/s1. The highest BCUT2D eigenvalue weighted by molar-refractivity contribution is 6.07. The van der Waals surface area contributed by atoms with E-state index in [1.54, 1.807) is 0 Å². The summed E-state index contributed by atoms with van der Waals surface area (Å²) in [6, 6.07) is 10.8. The van der Waals surface area contributed by atoms with E-state index in [9.17, 15) is 10.2 Å². The lowest BCUT2D eigenvalue weighted by molar-refractivity contribution is 0.000105. The highest BCUT2D eigenvalue weighted by Gasteiger charge is 2.54. The van der Waals surface area contributed by atoms with Crippen molar-refractivity contribution in [3.05, 3.63) is 58.1 Å². The van der Waals surface area contributed by atoms with Crippen LogP contribution in [0.4, 0.5) is 0 Å². The van der Waals surface area contributed by atoms with Gasteiger partial charge >= 0.3 is 0 Å². The summed E-state index contributed by atoms with van der Waals surface area (Å²) < 4.78 is 5.70. The molecule has 2 aliphatic carbocycles. The number of aryl methyl sites for hydroxylation is 3. The minimum absolute atomic E-state index is 0.0712. The molecule has 1 heterocycles. The van der Waals surface area contributed by atoms with Crippen molar-refractivity contribution in [2.45, 2.75) is 44.2 Å². The first-order valence-electron chi connectivity index (χ1n) is 8.67. The van der Waals surface area contributed by atoms with Crippen LogP contribution in [0.2, 0.25) is 0 Å². The average Bonchev–Trinajstić information content (AvgIpc) is 3.26. The molecule has 1 saturated heterocycles. The van der Waals surface area contributed by atoms with Gasteiger partial charge < -0.3 is 14.9 Å². The maximum atomic E-state index is 10.4. The van der Waals surface area contributed by atoms with Crippen LogP contribution in [0.25, 0.3) is 21.5 Å². The molecule has 120 valence electrons. The maximum absolute atomic E-state index is 10.4. The zero-order valence-corrected chi connectivity index (χ0v) is 13.4. The van der Waals surface area contributed by atoms with Crippen molar-refractivity contribution in [3.8, 4) is 0 Å². The van der Waals surface area contributed by atoms with Gasteiger partial charge in [0.25, 0.3) is 0 Å². The van der Waals surface area contributed by atoms with E-state index >= 15 is 0 Å². The van der Waals surface area contributed by atoms with E-state index in [1.165, 1.54) is 38.2 Å². The molecule has 0 amide bonds. The molecule has 0 bridgehead atoms. The highest BCUT2D eigenvalue weighted by Crippen LogP contribution is 2.54. The largest absolute Gasteiger partial charge is 0.387 e. The molecule has 0 radical (unpaired) electrons. The van der Waals surface area contributed by atoms with E-state index < -0.39 is 12.2 Å². The summed E-state index contributed by atoms with van der Waals surface area (Å²) in [6.07, 6.45) is 0.191. The maximum Gasteiger partial charge on any atom is 0.118 e. The molecular weight excluding hydrogens is 300 g/mol. The summed E-state index contributed by atoms with van der Waals surface area (Å²) in [5.74, 6) is 0. The molecular formula is C21H18O3. The average molecular weight is 318 g/mol. The Kier molecular flexibility index (Phi) is 2.32. The number of benzene rings is 3. The molecule has 4 atom stereocenters. The van der Waals surface area contributed by atoms with E-state index in [2.05, 4.69) is 31.2 Å². The first-order chi connectivity index (χ1) is 11.6. The van der Waals surface area contributed by atoms with Crippen LogP contribution >= 0.6 is 0 Å². The van der Waals surface area contributed by atoms with Gasteiger partial charge in [-0.2, -0.15) is 0 Å². The Morgan fingerprint density at radius 3 is 2.71 bits per heavy atom. The van der Waals surface area contributed by atoms with Crippen LogP contribution in [0, 0.1) is 6.92 Å². The Labute approximate surface area is 139 Å². The van der Waals surface area contributed by atoms with Crippen LogP contribution in [0.3, 0.4) is 0 Å². The van der Waals surface area contributed by atoms with Gasteiger partial charge in [-0.15, -0.1) is 0 Å². The number of hydrogen-bond donors (Lipinski definition) is 2. The molecule has 3 aromatic carbocycles. The lowest BCUT2D eigenvalue weighted by Crippen LogP contribution is -2.29. The Morgan fingerprint density at radius 1 is 1.00 bits per heavy atom. The van der Waals surface area contributed by atoms with Crippen LogP contribution in [0.5, 0.6) is 0 Å². The van der Waals surface area contributed by atoms with Crippen LogP contribution in [0.15, 0.2) is 30.3 Å². The molecule has 3 aliphatic rings. The second kappa shape index (κ2) is 4.17. The SMILES string of the molecule is Cc1ccc2cc3c4c(ccc3c3c2c1CC3)[C@@H](O)C(O)[C@H]1O[C@@H]41. The van der Waals surface area contributed by atoms with E-state index in [-0.39, 0.29) is 12.2 Å². The molecule has 1 aliphatic heterocycles. The molecule has 3 heteroatoms. The summed E-state index contributed by atoms with van der Waals surface area (Å²) in [5, 5.41) is 25.8. The zero-order valence-electron chi connectivity index (χ0n) is 13.4. The second-order valence-electron chi connectivity index (χ2n) is 7.43. The number of aliphatic hydroxyl groups is 2. The molecule has 3 aromatic rings. The van der Waals surface area contributed by atoms with Crippen molar-refractivity contribution in [3.63, 3.8) is 0 Å². The number of aliphatic hydroxyl groups excluding tert-OH is 2. The predicted molar refractivity (Wildman–Crippen MR) is 92.2 cm³/mol. The van der Waals surface area contributed by atoms with Gasteiger partial charge in [-0.1, -0.05) is 24.3 Å². The summed E-state index contributed by atoms with van der Waals surface area (Å²) >= 11 is 0. The van der Waals surface area contributed by atoms with Crippen molar-refractivity contribution in [1.29, 1.82) is 0 Å². The molecule has 1 fully saturated rings. The number of epoxide rings is 1. The zero-order chi connectivity index (χ0) is 16.2. The minimum atomic E-state index is -0.856. The van der Waals surface area contributed by atoms with Crippen LogP contribution < -0.4 is 0 Å². The lowest BCUT2D eigenvalue weighted by Gasteiger charge is -2.25. The van der Waals surface area contributed by atoms with Crippen LogP contribution in [-0.2, 0) is 17.6 Å². The third-order valence-corrected chi connectivity index (χ3v) is 6.24. The Bertz CT molecular complexity index is 1050. The summed E-state index contributed by atoms with van der Waals surface area (Å²) in [6.45, 7) is 2.20. The molecule has 0 saturated carbocycles. The van der Waals surface area contributed by atoms with Gasteiger partial charge in [0.15, 0.2) is 0 Å². The summed E-state index contributed by atoms with van der Waals surface area (Å²) in [7, 11) is 0. The second-order valence-corrected chi connectivity index (χ2v) is 7.43. The van der Waals surface area contributed by atoms with Gasteiger partial charge in [-0.05, 0) is 75.2 Å². The van der Waals surface area contributed by atoms with Crippen molar-refractivity contribution in [1.82, 2.24) is 0 Å².